The second kappa shape index (κ2) is 4.23. The number of hydrogen-bond acceptors (Lipinski definition) is 4. The molecule has 1 aromatic heterocycles. The minimum absolute atomic E-state index is 0.380. The zero-order chi connectivity index (χ0) is 12.5. The summed E-state index contributed by atoms with van der Waals surface area (Å²) in [6, 6.07) is 12.4. The number of fused-ring (bicyclic) bond motifs is 1. The summed E-state index contributed by atoms with van der Waals surface area (Å²) in [5, 5.41) is 9.71. The summed E-state index contributed by atoms with van der Waals surface area (Å²) < 4.78 is 10.7. The second-order valence-electron chi connectivity index (χ2n) is 3.66. The Morgan fingerprint density at radius 2 is 1.94 bits per heavy atom. The third kappa shape index (κ3) is 1.98. The van der Waals surface area contributed by atoms with E-state index in [2.05, 4.69) is 4.98 Å². The summed E-state index contributed by atoms with van der Waals surface area (Å²) in [6.45, 7) is 0. The van der Waals surface area contributed by atoms with Crippen LogP contribution in [-0.2, 0) is 0 Å². The van der Waals surface area contributed by atoms with Gasteiger partial charge in [0.05, 0.1) is 0 Å². The minimum atomic E-state index is -0.412. The first-order valence-electron chi connectivity index (χ1n) is 5.24. The molecule has 0 atom stereocenters. The van der Waals surface area contributed by atoms with Gasteiger partial charge in [-0.15, -0.1) is 0 Å². The van der Waals surface area contributed by atoms with Gasteiger partial charge < -0.3 is 14.3 Å². The van der Waals surface area contributed by atoms with Crippen LogP contribution in [0.15, 0.2) is 46.9 Å². The van der Waals surface area contributed by atoms with Gasteiger partial charge in [0.2, 0.25) is 0 Å². The van der Waals surface area contributed by atoms with Crippen LogP contribution >= 0.6 is 11.6 Å². The lowest BCUT2D eigenvalue weighted by Gasteiger charge is -2.05. The predicted octanol–water partition coefficient (Wildman–Crippen LogP) is 3.98. The third-order valence-corrected chi connectivity index (χ3v) is 2.60. The zero-order valence-corrected chi connectivity index (χ0v) is 9.89. The molecule has 0 aliphatic rings. The number of rotatable bonds is 2. The fraction of sp³-hybridized carbons (Fsp3) is 0. The van der Waals surface area contributed by atoms with Crippen LogP contribution in [-0.4, -0.2) is 10.1 Å². The summed E-state index contributed by atoms with van der Waals surface area (Å²) in [7, 11) is 0. The quantitative estimate of drug-likeness (QED) is 0.758. The van der Waals surface area contributed by atoms with Gasteiger partial charge in [0.25, 0.3) is 0 Å². The Bertz CT molecular complexity index is 694. The molecule has 0 unspecified atom stereocenters. The Morgan fingerprint density at radius 3 is 2.72 bits per heavy atom. The molecule has 3 aromatic rings. The molecule has 1 heterocycles. The molecule has 0 fully saturated rings. The molecule has 0 aliphatic carbocycles. The molecular formula is C13H8ClNO3. The van der Waals surface area contributed by atoms with E-state index in [0.29, 0.717) is 27.6 Å². The maximum atomic E-state index is 9.26. The molecule has 90 valence electrons. The maximum absolute atomic E-state index is 9.26. The second-order valence-corrected chi connectivity index (χ2v) is 4.10. The highest BCUT2D eigenvalue weighted by Crippen LogP contribution is 2.34. The summed E-state index contributed by atoms with van der Waals surface area (Å²) in [6.07, 6.45) is -0.412. The van der Waals surface area contributed by atoms with Gasteiger partial charge in [0.15, 0.2) is 16.8 Å². The molecular weight excluding hydrogens is 254 g/mol. The fourth-order valence-electron chi connectivity index (χ4n) is 1.65. The van der Waals surface area contributed by atoms with E-state index >= 15 is 0 Å². The monoisotopic (exact) mass is 261 g/mol. The van der Waals surface area contributed by atoms with Gasteiger partial charge in [-0.3, -0.25) is 0 Å². The normalized spacial score (nSPS) is 10.7. The molecule has 0 bridgehead atoms. The highest BCUT2D eigenvalue weighted by atomic mass is 35.5. The molecule has 18 heavy (non-hydrogen) atoms. The van der Waals surface area contributed by atoms with Crippen molar-refractivity contribution in [3.05, 3.63) is 47.5 Å². The highest BCUT2D eigenvalue weighted by molar-refractivity contribution is 6.31. The van der Waals surface area contributed by atoms with Crippen molar-refractivity contribution < 1.29 is 14.3 Å². The van der Waals surface area contributed by atoms with Crippen molar-refractivity contribution in [1.29, 1.82) is 0 Å². The largest absolute Gasteiger partial charge is 0.466 e. The van der Waals surface area contributed by atoms with E-state index in [1.807, 2.05) is 30.3 Å². The number of ether oxygens (including phenoxy) is 1. The standard InChI is InChI=1S/C13H8ClNO3/c14-8-6-10(17-9-4-2-1-3-5-9)12-11(7-8)18-13(16)15-12/h1-7H,(H,15,16). The van der Waals surface area contributed by atoms with Crippen LogP contribution in [0.25, 0.3) is 11.1 Å². The Hall–Kier alpha value is -2.20. The summed E-state index contributed by atoms with van der Waals surface area (Å²) in [4.78, 5) is 3.86. The number of benzene rings is 2. The topological polar surface area (TPSA) is 55.5 Å². The van der Waals surface area contributed by atoms with E-state index < -0.39 is 6.08 Å². The first-order chi connectivity index (χ1) is 8.72. The lowest BCUT2D eigenvalue weighted by atomic mass is 10.3. The van der Waals surface area contributed by atoms with Gasteiger partial charge >= 0.3 is 6.08 Å². The molecule has 4 nitrogen and oxygen atoms in total. The van der Waals surface area contributed by atoms with Crippen LogP contribution in [0, 0.1) is 0 Å². The predicted molar refractivity (Wildman–Crippen MR) is 67.2 cm³/mol. The van der Waals surface area contributed by atoms with E-state index in [9.17, 15) is 5.11 Å². The first kappa shape index (κ1) is 10.9. The van der Waals surface area contributed by atoms with Crippen LogP contribution in [0.3, 0.4) is 0 Å². The molecule has 0 amide bonds. The number of halogens is 1. The Balaban J connectivity index is 2.10. The lowest BCUT2D eigenvalue weighted by molar-refractivity contribution is 0.328. The van der Waals surface area contributed by atoms with Crippen LogP contribution in [0.4, 0.5) is 0 Å². The number of nitrogens with zero attached hydrogens (tertiary/aromatic N) is 1. The minimum Gasteiger partial charge on any atom is -0.466 e. The van der Waals surface area contributed by atoms with Crippen molar-refractivity contribution in [2.45, 2.75) is 0 Å². The molecule has 0 radical (unpaired) electrons. The Morgan fingerprint density at radius 1 is 1.17 bits per heavy atom. The van der Waals surface area contributed by atoms with Crippen molar-refractivity contribution in [2.24, 2.45) is 0 Å². The average molecular weight is 262 g/mol. The number of para-hydroxylation sites is 1. The zero-order valence-electron chi connectivity index (χ0n) is 9.13. The Kier molecular flexibility index (Phi) is 2.57. The van der Waals surface area contributed by atoms with E-state index in [1.165, 1.54) is 0 Å². The van der Waals surface area contributed by atoms with Crippen molar-refractivity contribution in [1.82, 2.24) is 4.98 Å². The van der Waals surface area contributed by atoms with E-state index in [0.717, 1.165) is 0 Å². The van der Waals surface area contributed by atoms with Gasteiger partial charge in [-0.1, -0.05) is 29.8 Å². The molecule has 1 N–H and O–H groups in total. The summed E-state index contributed by atoms with van der Waals surface area (Å²) in [5.74, 6) is 1.09. The Labute approximate surface area is 107 Å². The molecule has 3 rings (SSSR count). The molecule has 5 heteroatoms. The lowest BCUT2D eigenvalue weighted by Crippen LogP contribution is -1.85. The van der Waals surface area contributed by atoms with E-state index in [-0.39, 0.29) is 0 Å². The van der Waals surface area contributed by atoms with E-state index in [1.54, 1.807) is 12.1 Å². The summed E-state index contributed by atoms with van der Waals surface area (Å²) >= 11 is 5.95. The fourth-order valence-corrected chi connectivity index (χ4v) is 1.85. The van der Waals surface area contributed by atoms with Crippen LogP contribution in [0.5, 0.6) is 17.6 Å². The van der Waals surface area contributed by atoms with Gasteiger partial charge in [0, 0.05) is 17.2 Å². The van der Waals surface area contributed by atoms with Crippen molar-refractivity contribution in [3.63, 3.8) is 0 Å². The van der Waals surface area contributed by atoms with E-state index in [4.69, 9.17) is 20.8 Å². The van der Waals surface area contributed by atoms with Crippen LogP contribution < -0.4 is 4.74 Å². The average Bonchev–Trinajstić information content (AvgIpc) is 2.71. The van der Waals surface area contributed by atoms with Crippen molar-refractivity contribution in [3.8, 4) is 17.6 Å². The SMILES string of the molecule is Oc1nc2c(Oc3ccccc3)cc(Cl)cc2o1. The van der Waals surface area contributed by atoms with Gasteiger partial charge in [-0.05, 0) is 12.1 Å². The molecule has 0 saturated carbocycles. The molecule has 2 aromatic carbocycles. The van der Waals surface area contributed by atoms with Gasteiger partial charge in [-0.2, -0.15) is 4.98 Å². The van der Waals surface area contributed by atoms with Gasteiger partial charge in [-0.25, -0.2) is 0 Å². The van der Waals surface area contributed by atoms with Crippen molar-refractivity contribution >= 4 is 22.7 Å². The molecule has 0 saturated heterocycles. The third-order valence-electron chi connectivity index (χ3n) is 2.38. The first-order valence-corrected chi connectivity index (χ1v) is 5.62. The van der Waals surface area contributed by atoms with Crippen LogP contribution in [0.2, 0.25) is 5.02 Å². The smallest absolute Gasteiger partial charge is 0.392 e. The molecule has 0 aliphatic heterocycles. The van der Waals surface area contributed by atoms with Gasteiger partial charge in [0.1, 0.15) is 5.75 Å². The number of oxazole rings is 1. The number of aromatic nitrogens is 1. The maximum Gasteiger partial charge on any atom is 0.392 e. The number of aromatic hydroxyl groups is 1. The van der Waals surface area contributed by atoms with Crippen molar-refractivity contribution in [2.75, 3.05) is 0 Å². The van der Waals surface area contributed by atoms with Crippen LogP contribution in [0.1, 0.15) is 0 Å². The summed E-state index contributed by atoms with van der Waals surface area (Å²) in [5.41, 5.74) is 0.812. The highest BCUT2D eigenvalue weighted by Gasteiger charge is 2.12. The molecule has 0 spiro atoms. The number of hydrogen-bond donors (Lipinski definition) is 1.